The lowest BCUT2D eigenvalue weighted by Crippen LogP contribution is -2.39. The van der Waals surface area contributed by atoms with E-state index in [2.05, 4.69) is 21.5 Å². The number of hydrogen-bond donors (Lipinski definition) is 1. The van der Waals surface area contributed by atoms with Crippen LogP contribution in [0.2, 0.25) is 0 Å². The van der Waals surface area contributed by atoms with Crippen LogP contribution in [0.4, 0.5) is 0 Å². The molecule has 1 fully saturated rings. The van der Waals surface area contributed by atoms with Crippen LogP contribution in [0, 0.1) is 0 Å². The van der Waals surface area contributed by atoms with Crippen molar-refractivity contribution in [2.45, 2.75) is 32.2 Å². The number of carbonyl (C=O) groups excluding carboxylic acids is 1. The molecular formula is C23H25N5O2. The summed E-state index contributed by atoms with van der Waals surface area (Å²) < 4.78 is 7.57. The number of benzene rings is 1. The van der Waals surface area contributed by atoms with Gasteiger partial charge in [0.05, 0.1) is 7.11 Å². The highest BCUT2D eigenvalue weighted by molar-refractivity contribution is 5.98. The summed E-state index contributed by atoms with van der Waals surface area (Å²) in [6, 6.07) is 12.0. The molecule has 30 heavy (non-hydrogen) atoms. The Morgan fingerprint density at radius 3 is 2.83 bits per heavy atom. The Morgan fingerprint density at radius 2 is 2.07 bits per heavy atom. The monoisotopic (exact) mass is 403 g/mol. The molecule has 7 nitrogen and oxygen atoms in total. The first-order valence-corrected chi connectivity index (χ1v) is 10.5. The molecule has 1 aliphatic heterocycles. The Labute approximate surface area is 174 Å². The summed E-state index contributed by atoms with van der Waals surface area (Å²) in [5.41, 5.74) is 3.46. The molecule has 1 saturated heterocycles. The zero-order valence-corrected chi connectivity index (χ0v) is 17.3. The molecule has 4 aromatic rings. The molecule has 5 rings (SSSR count). The Bertz CT molecular complexity index is 1220. The number of imidazole rings is 1. The molecular weight excluding hydrogens is 378 g/mol. The van der Waals surface area contributed by atoms with E-state index < -0.39 is 0 Å². The standard InChI is InChI=1S/C23H25N5O2/c1-3-21-26-19-5-4-10-24-22(19)28(21)16-8-11-27(12-9-16)23(29)20-14-15-13-17(30-2)6-7-18(15)25-20/h4-7,10,13-14,16,25H,3,8-9,11-12H2,1-2H3. The zero-order valence-electron chi connectivity index (χ0n) is 17.3. The first-order chi connectivity index (χ1) is 14.7. The molecule has 0 saturated carbocycles. The topological polar surface area (TPSA) is 76.0 Å². The quantitative estimate of drug-likeness (QED) is 0.560. The molecule has 0 bridgehead atoms. The summed E-state index contributed by atoms with van der Waals surface area (Å²) in [6.07, 6.45) is 4.49. The number of hydrogen-bond acceptors (Lipinski definition) is 4. The van der Waals surface area contributed by atoms with E-state index in [1.165, 1.54) is 0 Å². The molecule has 4 heterocycles. The van der Waals surface area contributed by atoms with Crippen LogP contribution in [0.1, 0.15) is 42.1 Å². The van der Waals surface area contributed by atoms with Gasteiger partial charge >= 0.3 is 0 Å². The molecule has 1 N–H and O–H groups in total. The molecule has 7 heteroatoms. The number of H-pyrrole nitrogens is 1. The predicted octanol–water partition coefficient (Wildman–Crippen LogP) is 3.96. The fourth-order valence-electron chi connectivity index (χ4n) is 4.46. The van der Waals surface area contributed by atoms with Gasteiger partial charge in [0.25, 0.3) is 5.91 Å². The number of likely N-dealkylation sites (tertiary alicyclic amines) is 1. The number of amides is 1. The van der Waals surface area contributed by atoms with Gasteiger partial charge in [-0.05, 0) is 49.2 Å². The van der Waals surface area contributed by atoms with E-state index in [1.807, 2.05) is 47.5 Å². The van der Waals surface area contributed by atoms with Crippen molar-refractivity contribution in [2.24, 2.45) is 0 Å². The maximum absolute atomic E-state index is 13.1. The first kappa shape index (κ1) is 18.7. The van der Waals surface area contributed by atoms with E-state index in [0.29, 0.717) is 11.7 Å². The molecule has 1 aromatic carbocycles. The largest absolute Gasteiger partial charge is 0.497 e. The van der Waals surface area contributed by atoms with Crippen molar-refractivity contribution in [3.63, 3.8) is 0 Å². The fourth-order valence-corrected chi connectivity index (χ4v) is 4.46. The van der Waals surface area contributed by atoms with Gasteiger partial charge in [0, 0.05) is 42.7 Å². The van der Waals surface area contributed by atoms with Gasteiger partial charge in [-0.2, -0.15) is 0 Å². The van der Waals surface area contributed by atoms with Crippen LogP contribution in [-0.2, 0) is 6.42 Å². The second kappa shape index (κ2) is 7.48. The number of aromatic nitrogens is 4. The molecule has 0 spiro atoms. The maximum atomic E-state index is 13.1. The molecule has 1 aliphatic rings. The minimum Gasteiger partial charge on any atom is -0.497 e. The maximum Gasteiger partial charge on any atom is 0.270 e. The highest BCUT2D eigenvalue weighted by Gasteiger charge is 2.28. The molecule has 154 valence electrons. The second-order valence-electron chi connectivity index (χ2n) is 7.76. The number of fused-ring (bicyclic) bond motifs is 2. The third-order valence-corrected chi connectivity index (χ3v) is 6.01. The van der Waals surface area contributed by atoms with Crippen molar-refractivity contribution in [2.75, 3.05) is 20.2 Å². The van der Waals surface area contributed by atoms with Crippen molar-refractivity contribution < 1.29 is 9.53 Å². The third-order valence-electron chi connectivity index (χ3n) is 6.01. The number of aryl methyl sites for hydroxylation is 1. The summed E-state index contributed by atoms with van der Waals surface area (Å²) in [7, 11) is 1.65. The second-order valence-corrected chi connectivity index (χ2v) is 7.76. The van der Waals surface area contributed by atoms with Crippen LogP contribution in [0.15, 0.2) is 42.6 Å². The van der Waals surface area contributed by atoms with Gasteiger partial charge in [0.15, 0.2) is 5.65 Å². The number of nitrogens with zero attached hydrogens (tertiary/aromatic N) is 4. The van der Waals surface area contributed by atoms with Crippen molar-refractivity contribution in [1.82, 2.24) is 24.4 Å². The van der Waals surface area contributed by atoms with Crippen molar-refractivity contribution in [1.29, 1.82) is 0 Å². The molecule has 0 radical (unpaired) electrons. The Morgan fingerprint density at radius 1 is 1.23 bits per heavy atom. The van der Waals surface area contributed by atoms with Crippen LogP contribution in [0.3, 0.4) is 0 Å². The Hall–Kier alpha value is -3.35. The van der Waals surface area contributed by atoms with E-state index in [-0.39, 0.29) is 5.91 Å². The summed E-state index contributed by atoms with van der Waals surface area (Å²) in [6.45, 7) is 3.57. The Kier molecular flexibility index (Phi) is 4.65. The fraction of sp³-hybridized carbons (Fsp3) is 0.348. The van der Waals surface area contributed by atoms with Gasteiger partial charge in [0.1, 0.15) is 22.8 Å². The number of aromatic amines is 1. The van der Waals surface area contributed by atoms with E-state index in [1.54, 1.807) is 7.11 Å². The van der Waals surface area contributed by atoms with Crippen LogP contribution in [0.5, 0.6) is 5.75 Å². The smallest absolute Gasteiger partial charge is 0.270 e. The normalized spacial score (nSPS) is 15.2. The SMILES string of the molecule is CCc1nc2cccnc2n1C1CCN(C(=O)c2cc3cc(OC)ccc3[nH]2)CC1. The third kappa shape index (κ3) is 3.10. The lowest BCUT2D eigenvalue weighted by molar-refractivity contribution is 0.0690. The minimum atomic E-state index is 0.0490. The molecule has 0 aliphatic carbocycles. The van der Waals surface area contributed by atoms with Crippen LogP contribution < -0.4 is 4.74 Å². The van der Waals surface area contributed by atoms with Crippen molar-refractivity contribution in [3.05, 3.63) is 54.1 Å². The summed E-state index contributed by atoms with van der Waals surface area (Å²) in [5.74, 6) is 1.90. The lowest BCUT2D eigenvalue weighted by atomic mass is 10.0. The number of piperidine rings is 1. The lowest BCUT2D eigenvalue weighted by Gasteiger charge is -2.33. The van der Waals surface area contributed by atoms with Gasteiger partial charge in [-0.3, -0.25) is 4.79 Å². The highest BCUT2D eigenvalue weighted by Crippen LogP contribution is 2.29. The van der Waals surface area contributed by atoms with E-state index >= 15 is 0 Å². The number of rotatable bonds is 4. The van der Waals surface area contributed by atoms with E-state index in [0.717, 1.165) is 66.0 Å². The molecule has 0 unspecified atom stereocenters. The van der Waals surface area contributed by atoms with Gasteiger partial charge in [-0.1, -0.05) is 6.92 Å². The number of nitrogens with one attached hydrogen (secondary N) is 1. The number of methoxy groups -OCH3 is 1. The average molecular weight is 403 g/mol. The average Bonchev–Trinajstić information content (AvgIpc) is 3.39. The summed E-state index contributed by atoms with van der Waals surface area (Å²) in [4.78, 5) is 27.6. The Balaban J connectivity index is 1.34. The van der Waals surface area contributed by atoms with Gasteiger partial charge < -0.3 is 19.2 Å². The minimum absolute atomic E-state index is 0.0490. The highest BCUT2D eigenvalue weighted by atomic mass is 16.5. The number of carbonyl (C=O) groups is 1. The summed E-state index contributed by atoms with van der Waals surface area (Å²) >= 11 is 0. The molecule has 3 aromatic heterocycles. The van der Waals surface area contributed by atoms with Crippen LogP contribution >= 0.6 is 0 Å². The number of pyridine rings is 1. The molecule has 1 amide bonds. The van der Waals surface area contributed by atoms with Gasteiger partial charge in [-0.25, -0.2) is 9.97 Å². The van der Waals surface area contributed by atoms with E-state index in [4.69, 9.17) is 9.72 Å². The predicted molar refractivity (Wildman–Crippen MR) is 116 cm³/mol. The van der Waals surface area contributed by atoms with Gasteiger partial charge in [-0.15, -0.1) is 0 Å². The zero-order chi connectivity index (χ0) is 20.7. The molecule has 0 atom stereocenters. The van der Waals surface area contributed by atoms with Crippen LogP contribution in [-0.4, -0.2) is 50.5 Å². The summed E-state index contributed by atoms with van der Waals surface area (Å²) in [5, 5.41) is 0.983. The van der Waals surface area contributed by atoms with Crippen LogP contribution in [0.25, 0.3) is 22.1 Å². The van der Waals surface area contributed by atoms with Crippen molar-refractivity contribution >= 4 is 28.0 Å². The van der Waals surface area contributed by atoms with Crippen molar-refractivity contribution in [3.8, 4) is 5.75 Å². The number of ether oxygens (including phenoxy) is 1. The first-order valence-electron chi connectivity index (χ1n) is 10.5. The van der Waals surface area contributed by atoms with E-state index in [9.17, 15) is 4.79 Å². The van der Waals surface area contributed by atoms with Gasteiger partial charge in [0.2, 0.25) is 0 Å².